The second-order valence-corrected chi connectivity index (χ2v) is 5.90. The molecule has 2 fully saturated rings. The summed E-state index contributed by atoms with van der Waals surface area (Å²) in [6.45, 7) is 0.410. The number of hydrogen-bond donors (Lipinski definition) is 0. The molecule has 1 aliphatic carbocycles. The molecule has 1 heterocycles. The Bertz CT molecular complexity index is 361. The van der Waals surface area contributed by atoms with Gasteiger partial charge < -0.3 is 4.74 Å². The Balaban J connectivity index is 1.96. The van der Waals surface area contributed by atoms with Gasteiger partial charge in [0.05, 0.1) is 19.0 Å². The van der Waals surface area contributed by atoms with Crippen LogP contribution in [0.1, 0.15) is 19.3 Å². The molecular weight excluding hydrogens is 220 g/mol. The van der Waals surface area contributed by atoms with Gasteiger partial charge in [-0.25, -0.2) is 0 Å². The lowest BCUT2D eigenvalue weighted by atomic mass is 9.92. The zero-order chi connectivity index (χ0) is 11.1. The molecule has 0 amide bonds. The van der Waals surface area contributed by atoms with Gasteiger partial charge in [-0.2, -0.15) is 8.42 Å². The first kappa shape index (κ1) is 10.9. The van der Waals surface area contributed by atoms with Gasteiger partial charge in [0.25, 0.3) is 10.1 Å². The van der Waals surface area contributed by atoms with Crippen LogP contribution in [0.25, 0.3) is 0 Å². The van der Waals surface area contributed by atoms with Crippen molar-refractivity contribution in [2.75, 3.05) is 12.9 Å². The SMILES string of the molecule is CS(=O)(=O)O[C@H]1C[C@H]2COC(=O)C[C@H]2C1. The number of cyclic esters (lactones) is 1. The van der Waals surface area contributed by atoms with Crippen LogP contribution >= 0.6 is 0 Å². The van der Waals surface area contributed by atoms with Crippen molar-refractivity contribution >= 4 is 16.1 Å². The molecule has 0 radical (unpaired) electrons. The zero-order valence-electron chi connectivity index (χ0n) is 8.51. The standard InChI is InChI=1S/C9H14O5S/c1-15(11,12)14-8-2-6-4-9(10)13-5-7(6)3-8/h6-8H,2-5H2,1H3/t6-,7+,8-/m1/s1. The van der Waals surface area contributed by atoms with E-state index in [2.05, 4.69) is 0 Å². The first-order valence-corrected chi connectivity index (χ1v) is 6.79. The van der Waals surface area contributed by atoms with Crippen molar-refractivity contribution in [3.05, 3.63) is 0 Å². The number of ether oxygens (including phenoxy) is 1. The monoisotopic (exact) mass is 234 g/mol. The maximum Gasteiger partial charge on any atom is 0.306 e. The quantitative estimate of drug-likeness (QED) is 0.508. The van der Waals surface area contributed by atoms with Crippen LogP contribution in [0.15, 0.2) is 0 Å². The third kappa shape index (κ3) is 2.69. The van der Waals surface area contributed by atoms with E-state index in [1.807, 2.05) is 0 Å². The summed E-state index contributed by atoms with van der Waals surface area (Å²) in [6.07, 6.45) is 2.49. The molecule has 0 N–H and O–H groups in total. The third-order valence-electron chi connectivity index (χ3n) is 3.00. The Morgan fingerprint density at radius 2 is 2.00 bits per heavy atom. The van der Waals surface area contributed by atoms with Gasteiger partial charge in [0.1, 0.15) is 0 Å². The largest absolute Gasteiger partial charge is 0.465 e. The van der Waals surface area contributed by atoms with E-state index in [0.29, 0.717) is 25.9 Å². The van der Waals surface area contributed by atoms with Crippen LogP contribution in [0.2, 0.25) is 0 Å². The minimum atomic E-state index is -3.39. The summed E-state index contributed by atoms with van der Waals surface area (Å²) in [5.41, 5.74) is 0. The van der Waals surface area contributed by atoms with Crippen molar-refractivity contribution in [1.29, 1.82) is 0 Å². The lowest BCUT2D eigenvalue weighted by molar-refractivity contribution is -0.151. The topological polar surface area (TPSA) is 69.7 Å². The summed E-state index contributed by atoms with van der Waals surface area (Å²) in [4.78, 5) is 11.0. The van der Waals surface area contributed by atoms with E-state index in [1.54, 1.807) is 0 Å². The molecule has 5 nitrogen and oxygen atoms in total. The van der Waals surface area contributed by atoms with Gasteiger partial charge >= 0.3 is 5.97 Å². The first-order chi connectivity index (χ1) is 6.94. The molecule has 0 spiro atoms. The molecule has 2 rings (SSSR count). The summed E-state index contributed by atoms with van der Waals surface area (Å²) in [6, 6.07) is 0. The molecule has 1 aliphatic heterocycles. The van der Waals surface area contributed by atoms with E-state index >= 15 is 0 Å². The normalized spacial score (nSPS) is 36.1. The van der Waals surface area contributed by atoms with Crippen LogP contribution in [-0.4, -0.2) is 33.4 Å². The van der Waals surface area contributed by atoms with Gasteiger partial charge in [0, 0.05) is 6.42 Å². The lowest BCUT2D eigenvalue weighted by Gasteiger charge is -2.23. The number of esters is 1. The minimum Gasteiger partial charge on any atom is -0.465 e. The molecule has 1 saturated carbocycles. The summed E-state index contributed by atoms with van der Waals surface area (Å²) < 4.78 is 31.7. The van der Waals surface area contributed by atoms with Crippen LogP contribution < -0.4 is 0 Å². The Morgan fingerprint density at radius 3 is 2.67 bits per heavy atom. The van der Waals surface area contributed by atoms with E-state index in [0.717, 1.165) is 6.26 Å². The fourth-order valence-electron chi connectivity index (χ4n) is 2.41. The third-order valence-corrected chi connectivity index (χ3v) is 3.62. The molecular formula is C9H14O5S. The maximum absolute atomic E-state index is 11.0. The highest BCUT2D eigenvalue weighted by Crippen LogP contribution is 2.39. The van der Waals surface area contributed by atoms with Gasteiger partial charge in [-0.1, -0.05) is 0 Å². The van der Waals surface area contributed by atoms with Crippen LogP contribution in [0.3, 0.4) is 0 Å². The number of fused-ring (bicyclic) bond motifs is 1. The zero-order valence-corrected chi connectivity index (χ0v) is 9.33. The molecule has 15 heavy (non-hydrogen) atoms. The number of hydrogen-bond acceptors (Lipinski definition) is 5. The van der Waals surface area contributed by atoms with Crippen molar-refractivity contribution in [1.82, 2.24) is 0 Å². The highest BCUT2D eigenvalue weighted by atomic mass is 32.2. The summed E-state index contributed by atoms with van der Waals surface area (Å²) in [5.74, 6) is 0.323. The van der Waals surface area contributed by atoms with Gasteiger partial charge in [0.2, 0.25) is 0 Å². The van der Waals surface area contributed by atoms with E-state index in [9.17, 15) is 13.2 Å². The van der Waals surface area contributed by atoms with Crippen LogP contribution in [-0.2, 0) is 23.8 Å². The molecule has 0 unspecified atom stereocenters. The van der Waals surface area contributed by atoms with Crippen molar-refractivity contribution in [3.8, 4) is 0 Å². The van der Waals surface area contributed by atoms with Crippen molar-refractivity contribution in [2.45, 2.75) is 25.4 Å². The number of carbonyl (C=O) groups is 1. The predicted molar refractivity (Wildman–Crippen MR) is 51.5 cm³/mol. The van der Waals surface area contributed by atoms with Gasteiger partial charge in [0.15, 0.2) is 0 Å². The highest BCUT2D eigenvalue weighted by Gasteiger charge is 2.40. The molecule has 0 aromatic carbocycles. The fourth-order valence-corrected chi connectivity index (χ4v) is 3.06. The van der Waals surface area contributed by atoms with Gasteiger partial charge in [-0.05, 0) is 24.7 Å². The van der Waals surface area contributed by atoms with Crippen LogP contribution in [0, 0.1) is 11.8 Å². The summed E-state index contributed by atoms with van der Waals surface area (Å²) in [5, 5.41) is 0. The molecule has 86 valence electrons. The smallest absolute Gasteiger partial charge is 0.306 e. The lowest BCUT2D eigenvalue weighted by Crippen LogP contribution is -2.26. The molecule has 1 saturated heterocycles. The molecule has 6 heteroatoms. The number of rotatable bonds is 2. The summed E-state index contributed by atoms with van der Waals surface area (Å²) >= 11 is 0. The van der Waals surface area contributed by atoms with Crippen LogP contribution in [0.5, 0.6) is 0 Å². The van der Waals surface area contributed by atoms with E-state index in [4.69, 9.17) is 8.92 Å². The van der Waals surface area contributed by atoms with Crippen molar-refractivity contribution in [2.24, 2.45) is 11.8 Å². The summed E-state index contributed by atoms with van der Waals surface area (Å²) in [7, 11) is -3.39. The number of carbonyl (C=O) groups excluding carboxylic acids is 1. The minimum absolute atomic E-state index is 0.184. The van der Waals surface area contributed by atoms with Gasteiger partial charge in [-0.15, -0.1) is 0 Å². The average molecular weight is 234 g/mol. The van der Waals surface area contributed by atoms with Crippen molar-refractivity contribution < 1.29 is 22.1 Å². The van der Waals surface area contributed by atoms with E-state index in [1.165, 1.54) is 0 Å². The Morgan fingerprint density at radius 1 is 1.33 bits per heavy atom. The predicted octanol–water partition coefficient (Wildman–Crippen LogP) is 0.304. The molecule has 0 bridgehead atoms. The Labute approximate surface area is 88.9 Å². The van der Waals surface area contributed by atoms with Crippen LogP contribution in [0.4, 0.5) is 0 Å². The van der Waals surface area contributed by atoms with E-state index < -0.39 is 10.1 Å². The first-order valence-electron chi connectivity index (χ1n) is 4.98. The molecule has 0 aromatic heterocycles. The van der Waals surface area contributed by atoms with Crippen molar-refractivity contribution in [3.63, 3.8) is 0 Å². The molecule has 0 aromatic rings. The van der Waals surface area contributed by atoms with E-state index in [-0.39, 0.29) is 23.9 Å². The molecule has 3 atom stereocenters. The Hall–Kier alpha value is -0.620. The molecule has 2 aliphatic rings. The average Bonchev–Trinajstić information content (AvgIpc) is 2.42. The Kier molecular flexibility index (Phi) is 2.72. The van der Waals surface area contributed by atoms with Gasteiger partial charge in [-0.3, -0.25) is 8.98 Å². The second-order valence-electron chi connectivity index (χ2n) is 4.30. The fraction of sp³-hybridized carbons (Fsp3) is 0.889. The second kappa shape index (κ2) is 3.75. The highest BCUT2D eigenvalue weighted by molar-refractivity contribution is 7.86. The maximum atomic E-state index is 11.0.